The van der Waals surface area contributed by atoms with Gasteiger partial charge in [0.1, 0.15) is 0 Å². The molecule has 1 aliphatic rings. The maximum Gasteiger partial charge on any atom is 0.332 e. The average Bonchev–Trinajstić information content (AvgIpc) is 2.75. The van der Waals surface area contributed by atoms with Gasteiger partial charge in [-0.1, -0.05) is 35.9 Å². The zero-order valence-corrected chi connectivity index (χ0v) is 18.4. The van der Waals surface area contributed by atoms with Gasteiger partial charge in [0.15, 0.2) is 0 Å². The van der Waals surface area contributed by atoms with Gasteiger partial charge in [-0.3, -0.25) is 0 Å². The fraction of sp³-hybridized carbons (Fsp3) is 0.348. The number of sulfonamides is 1. The van der Waals surface area contributed by atoms with Crippen molar-refractivity contribution in [2.24, 2.45) is 0 Å². The average molecular weight is 429 g/mol. The number of carboxylic acids is 1. The molecule has 1 N–H and O–H groups in total. The van der Waals surface area contributed by atoms with E-state index in [1.165, 1.54) is 4.31 Å². The minimum atomic E-state index is -3.86. The van der Waals surface area contributed by atoms with E-state index in [9.17, 15) is 18.3 Å². The lowest BCUT2D eigenvalue weighted by atomic mass is 9.98. The lowest BCUT2D eigenvalue weighted by Gasteiger charge is -2.34. The summed E-state index contributed by atoms with van der Waals surface area (Å²) < 4.78 is 28.1. The molecule has 1 heterocycles. The number of nitrogens with zero attached hydrogens (tertiary/aromatic N) is 2. The normalized spacial score (nSPS) is 17.4. The number of aliphatic carboxylic acids is 1. The summed E-state index contributed by atoms with van der Waals surface area (Å²) in [5.41, 5.74) is 2.99. The highest BCUT2D eigenvalue weighted by molar-refractivity contribution is 7.89. The first-order valence-corrected chi connectivity index (χ1v) is 11.6. The zero-order chi connectivity index (χ0) is 21.9. The Morgan fingerprint density at radius 1 is 1.07 bits per heavy atom. The molecule has 0 saturated heterocycles. The van der Waals surface area contributed by atoms with Gasteiger partial charge in [-0.15, -0.1) is 0 Å². The Balaban J connectivity index is 2.00. The minimum Gasteiger partial charge on any atom is -0.478 e. The third-order valence-electron chi connectivity index (χ3n) is 5.57. The van der Waals surface area contributed by atoms with Crippen LogP contribution in [0.2, 0.25) is 0 Å². The largest absolute Gasteiger partial charge is 0.478 e. The number of anilines is 1. The van der Waals surface area contributed by atoms with E-state index in [4.69, 9.17) is 0 Å². The molecule has 0 aromatic heterocycles. The molecule has 7 heteroatoms. The molecule has 160 valence electrons. The highest BCUT2D eigenvalue weighted by atomic mass is 32.2. The van der Waals surface area contributed by atoms with Crippen LogP contribution in [0.3, 0.4) is 0 Å². The van der Waals surface area contributed by atoms with Crippen molar-refractivity contribution in [1.82, 2.24) is 4.31 Å². The zero-order valence-electron chi connectivity index (χ0n) is 17.6. The minimum absolute atomic E-state index is 0.0988. The van der Waals surface area contributed by atoms with Gasteiger partial charge in [0, 0.05) is 30.9 Å². The van der Waals surface area contributed by atoms with Crippen molar-refractivity contribution in [2.45, 2.75) is 38.1 Å². The molecule has 2 aromatic carbocycles. The lowest BCUT2D eigenvalue weighted by Crippen LogP contribution is -2.39. The Morgan fingerprint density at radius 3 is 2.20 bits per heavy atom. The van der Waals surface area contributed by atoms with Crippen LogP contribution in [0.1, 0.15) is 37.4 Å². The van der Waals surface area contributed by atoms with E-state index in [1.54, 1.807) is 30.3 Å². The van der Waals surface area contributed by atoms with E-state index in [-0.39, 0.29) is 17.0 Å². The molecule has 0 amide bonds. The van der Waals surface area contributed by atoms with Crippen LogP contribution in [-0.4, -0.2) is 43.4 Å². The Kier molecular flexibility index (Phi) is 6.63. The molecular formula is C23H28N2O4S. The van der Waals surface area contributed by atoms with Gasteiger partial charge in [0.25, 0.3) is 0 Å². The number of carbonyl (C=O) groups is 1. The third-order valence-corrected chi connectivity index (χ3v) is 7.44. The topological polar surface area (TPSA) is 77.9 Å². The van der Waals surface area contributed by atoms with Gasteiger partial charge >= 0.3 is 5.97 Å². The molecule has 30 heavy (non-hydrogen) atoms. The summed E-state index contributed by atoms with van der Waals surface area (Å²) in [7, 11) is -3.86. The number of hydrogen-bond acceptors (Lipinski definition) is 4. The standard InChI is InChI=1S/C23H28N2O4S/c1-4-24(5-2)20-11-8-18(9-12-20)22-15-10-19(23(26)27)16-25(22)30(28,29)21-13-6-17(3)7-14-21/h6-14,22H,4-5,15-16H2,1-3H3,(H,26,27). The second-order valence-electron chi connectivity index (χ2n) is 7.41. The lowest BCUT2D eigenvalue weighted by molar-refractivity contribution is -0.133. The van der Waals surface area contributed by atoms with Gasteiger partial charge in [-0.25, -0.2) is 13.2 Å². The van der Waals surface area contributed by atoms with Crippen LogP contribution in [0.4, 0.5) is 5.69 Å². The van der Waals surface area contributed by atoms with Crippen molar-refractivity contribution in [1.29, 1.82) is 0 Å². The fourth-order valence-corrected chi connectivity index (χ4v) is 5.37. The third kappa shape index (κ3) is 4.42. The van der Waals surface area contributed by atoms with E-state index < -0.39 is 22.0 Å². The number of rotatable bonds is 7. The van der Waals surface area contributed by atoms with Gasteiger partial charge in [0.05, 0.1) is 10.9 Å². The van der Waals surface area contributed by atoms with E-state index in [0.29, 0.717) is 6.42 Å². The Labute approximate surface area is 178 Å². The molecule has 0 spiro atoms. The van der Waals surface area contributed by atoms with Gasteiger partial charge in [-0.05, 0) is 57.0 Å². The molecule has 1 atom stereocenters. The van der Waals surface area contributed by atoms with Crippen LogP contribution >= 0.6 is 0 Å². The van der Waals surface area contributed by atoms with E-state index in [0.717, 1.165) is 29.9 Å². The van der Waals surface area contributed by atoms with E-state index >= 15 is 0 Å². The fourth-order valence-electron chi connectivity index (χ4n) is 3.77. The molecule has 0 radical (unpaired) electrons. The SMILES string of the molecule is CCN(CC)c1ccc(C2CC=C(C(=O)O)CN2S(=O)(=O)c2ccc(C)cc2)cc1. The summed E-state index contributed by atoms with van der Waals surface area (Å²) in [5, 5.41) is 9.44. The van der Waals surface area contributed by atoms with E-state index in [2.05, 4.69) is 18.7 Å². The van der Waals surface area contributed by atoms with Crippen molar-refractivity contribution in [3.05, 3.63) is 71.3 Å². The maximum absolute atomic E-state index is 13.4. The molecule has 6 nitrogen and oxygen atoms in total. The quantitative estimate of drug-likeness (QED) is 0.722. The smallest absolute Gasteiger partial charge is 0.332 e. The number of hydrogen-bond donors (Lipinski definition) is 1. The van der Waals surface area contributed by atoms with Crippen LogP contribution in [0.15, 0.2) is 65.1 Å². The first kappa shape index (κ1) is 22.1. The van der Waals surface area contributed by atoms with Gasteiger partial charge in [0.2, 0.25) is 10.0 Å². The van der Waals surface area contributed by atoms with Crippen LogP contribution in [0.25, 0.3) is 0 Å². The summed E-state index contributed by atoms with van der Waals surface area (Å²) >= 11 is 0. The summed E-state index contributed by atoms with van der Waals surface area (Å²) in [6, 6.07) is 14.1. The molecule has 0 fully saturated rings. The summed E-state index contributed by atoms with van der Waals surface area (Å²) in [6.07, 6.45) is 1.95. The van der Waals surface area contributed by atoms with E-state index in [1.807, 2.05) is 31.2 Å². The monoisotopic (exact) mass is 428 g/mol. The molecule has 1 aliphatic heterocycles. The summed E-state index contributed by atoms with van der Waals surface area (Å²) in [5.74, 6) is -1.09. The van der Waals surface area contributed by atoms with Crippen molar-refractivity contribution < 1.29 is 18.3 Å². The van der Waals surface area contributed by atoms with Crippen LogP contribution in [-0.2, 0) is 14.8 Å². The Hall–Kier alpha value is -2.64. The molecule has 3 rings (SSSR count). The Bertz CT molecular complexity index is 1020. The van der Waals surface area contributed by atoms with Crippen LogP contribution in [0.5, 0.6) is 0 Å². The van der Waals surface area contributed by atoms with Crippen molar-refractivity contribution in [2.75, 3.05) is 24.5 Å². The second-order valence-corrected chi connectivity index (χ2v) is 9.30. The molecular weight excluding hydrogens is 400 g/mol. The Morgan fingerprint density at radius 2 is 1.67 bits per heavy atom. The van der Waals surface area contributed by atoms with Crippen LogP contribution < -0.4 is 4.90 Å². The molecule has 0 saturated carbocycles. The molecule has 2 aromatic rings. The van der Waals surface area contributed by atoms with Crippen molar-refractivity contribution in [3.63, 3.8) is 0 Å². The van der Waals surface area contributed by atoms with Crippen LogP contribution in [0, 0.1) is 6.92 Å². The predicted octanol–water partition coefficient (Wildman–Crippen LogP) is 3.99. The second kappa shape index (κ2) is 9.02. The number of carboxylic acid groups (broad SMARTS) is 1. The van der Waals surface area contributed by atoms with Crippen molar-refractivity contribution in [3.8, 4) is 0 Å². The predicted molar refractivity (Wildman–Crippen MR) is 118 cm³/mol. The maximum atomic E-state index is 13.4. The van der Waals surface area contributed by atoms with Gasteiger partial charge in [-0.2, -0.15) is 4.31 Å². The van der Waals surface area contributed by atoms with Crippen molar-refractivity contribution >= 4 is 21.7 Å². The number of aryl methyl sites for hydroxylation is 1. The summed E-state index contributed by atoms with van der Waals surface area (Å²) in [6.45, 7) is 7.69. The first-order valence-electron chi connectivity index (χ1n) is 10.1. The molecule has 0 aliphatic carbocycles. The molecule has 0 bridgehead atoms. The van der Waals surface area contributed by atoms with Gasteiger partial charge < -0.3 is 10.0 Å². The summed E-state index contributed by atoms with van der Waals surface area (Å²) in [4.78, 5) is 13.9. The highest BCUT2D eigenvalue weighted by Gasteiger charge is 2.36. The first-order chi connectivity index (χ1) is 14.3. The number of benzene rings is 2. The highest BCUT2D eigenvalue weighted by Crippen LogP contribution is 2.35. The molecule has 1 unspecified atom stereocenters.